The molecule has 3 aromatic rings. The third-order valence-electron chi connectivity index (χ3n) is 4.55. The summed E-state index contributed by atoms with van der Waals surface area (Å²) < 4.78 is 5.73. The molecule has 6 nitrogen and oxygen atoms in total. The Morgan fingerprint density at radius 1 is 0.833 bits per heavy atom. The first-order valence-corrected chi connectivity index (χ1v) is 9.70. The van der Waals surface area contributed by atoms with Gasteiger partial charge in [-0.1, -0.05) is 36.4 Å². The fourth-order valence-electron chi connectivity index (χ4n) is 2.76. The molecule has 0 aliphatic rings. The van der Waals surface area contributed by atoms with Gasteiger partial charge in [0.25, 0.3) is 5.91 Å². The van der Waals surface area contributed by atoms with Crippen molar-refractivity contribution in [3.05, 3.63) is 90.0 Å². The van der Waals surface area contributed by atoms with Gasteiger partial charge in [-0.2, -0.15) is 0 Å². The molecular formula is C24H25N3O3. The number of carbonyl (C=O) groups excluding carboxylic acids is 2. The minimum Gasteiger partial charge on any atom is -0.491 e. The van der Waals surface area contributed by atoms with Crippen molar-refractivity contribution >= 4 is 23.3 Å². The topological polar surface area (TPSA) is 70.7 Å². The van der Waals surface area contributed by atoms with Gasteiger partial charge in [0.1, 0.15) is 12.4 Å². The van der Waals surface area contributed by atoms with E-state index in [1.54, 1.807) is 36.2 Å². The molecule has 0 aliphatic heterocycles. The van der Waals surface area contributed by atoms with Crippen LogP contribution in [0.3, 0.4) is 0 Å². The van der Waals surface area contributed by atoms with E-state index in [1.165, 1.54) is 0 Å². The summed E-state index contributed by atoms with van der Waals surface area (Å²) in [6.07, 6.45) is 0. The average molecular weight is 403 g/mol. The van der Waals surface area contributed by atoms with Crippen molar-refractivity contribution in [3.63, 3.8) is 0 Å². The van der Waals surface area contributed by atoms with Crippen LogP contribution in [0.1, 0.15) is 15.9 Å². The lowest BCUT2D eigenvalue weighted by molar-refractivity contribution is 0.102. The van der Waals surface area contributed by atoms with Crippen LogP contribution in [0.15, 0.2) is 78.9 Å². The lowest BCUT2D eigenvalue weighted by atomic mass is 10.2. The van der Waals surface area contributed by atoms with Crippen molar-refractivity contribution < 1.29 is 14.3 Å². The molecule has 0 atom stereocenters. The van der Waals surface area contributed by atoms with E-state index in [0.29, 0.717) is 24.4 Å². The zero-order valence-corrected chi connectivity index (χ0v) is 17.1. The molecular weight excluding hydrogens is 378 g/mol. The Morgan fingerprint density at radius 3 is 2.17 bits per heavy atom. The Kier molecular flexibility index (Phi) is 7.05. The van der Waals surface area contributed by atoms with Crippen molar-refractivity contribution in [1.82, 2.24) is 4.90 Å². The maximum Gasteiger partial charge on any atom is 0.321 e. The average Bonchev–Trinajstić information content (AvgIpc) is 2.76. The number of amides is 3. The molecule has 0 saturated heterocycles. The molecule has 3 rings (SSSR count). The summed E-state index contributed by atoms with van der Waals surface area (Å²) in [4.78, 5) is 26.2. The smallest absolute Gasteiger partial charge is 0.321 e. The number of benzene rings is 3. The number of rotatable bonds is 7. The predicted octanol–water partition coefficient (Wildman–Crippen LogP) is 4.79. The first kappa shape index (κ1) is 20.9. The molecule has 0 spiro atoms. The van der Waals surface area contributed by atoms with E-state index in [0.717, 1.165) is 17.0 Å². The number of hydrogen-bond acceptors (Lipinski definition) is 3. The highest BCUT2D eigenvalue weighted by molar-refractivity contribution is 6.04. The zero-order chi connectivity index (χ0) is 21.3. The monoisotopic (exact) mass is 403 g/mol. The van der Waals surface area contributed by atoms with Gasteiger partial charge in [-0.15, -0.1) is 0 Å². The van der Waals surface area contributed by atoms with E-state index in [2.05, 4.69) is 10.6 Å². The number of likely N-dealkylation sites (N-methyl/N-ethyl adjacent to an activating group) is 1. The van der Waals surface area contributed by atoms with E-state index in [1.807, 2.05) is 61.5 Å². The number of aryl methyl sites for hydroxylation is 1. The second kappa shape index (κ2) is 10.1. The molecule has 30 heavy (non-hydrogen) atoms. The molecule has 0 fully saturated rings. The summed E-state index contributed by atoms with van der Waals surface area (Å²) in [6, 6.07) is 23.5. The van der Waals surface area contributed by atoms with Crippen molar-refractivity contribution in [2.45, 2.75) is 6.92 Å². The van der Waals surface area contributed by atoms with Crippen LogP contribution in [0, 0.1) is 6.92 Å². The van der Waals surface area contributed by atoms with Crippen molar-refractivity contribution in [1.29, 1.82) is 0 Å². The second-order valence-electron chi connectivity index (χ2n) is 6.86. The van der Waals surface area contributed by atoms with E-state index in [-0.39, 0.29) is 11.9 Å². The number of nitrogens with one attached hydrogen (secondary N) is 2. The van der Waals surface area contributed by atoms with Gasteiger partial charge < -0.3 is 20.3 Å². The molecule has 0 saturated carbocycles. The Labute approximate surface area is 176 Å². The minimum absolute atomic E-state index is 0.204. The maximum atomic E-state index is 12.4. The Bertz CT molecular complexity index is 988. The van der Waals surface area contributed by atoms with Gasteiger partial charge in [-0.25, -0.2) is 4.79 Å². The largest absolute Gasteiger partial charge is 0.491 e. The summed E-state index contributed by atoms with van der Waals surface area (Å²) in [7, 11) is 1.71. The van der Waals surface area contributed by atoms with Gasteiger partial charge in [-0.3, -0.25) is 4.79 Å². The summed E-state index contributed by atoms with van der Waals surface area (Å²) >= 11 is 0. The van der Waals surface area contributed by atoms with Crippen molar-refractivity contribution in [3.8, 4) is 5.75 Å². The minimum atomic E-state index is -0.245. The molecule has 0 aromatic heterocycles. The van der Waals surface area contributed by atoms with Crippen LogP contribution in [0.2, 0.25) is 0 Å². The van der Waals surface area contributed by atoms with Gasteiger partial charge in [0.15, 0.2) is 0 Å². The standard InChI is InChI=1S/C24H25N3O3/c1-18-8-6-7-11-22(18)30-17-16-27(2)24(29)26-21-14-12-19(13-15-21)23(28)25-20-9-4-3-5-10-20/h3-15H,16-17H2,1-2H3,(H,25,28)(H,26,29). The number of carbonyl (C=O) groups is 2. The molecule has 0 radical (unpaired) electrons. The molecule has 0 aliphatic carbocycles. The van der Waals surface area contributed by atoms with Crippen LogP contribution in [0.5, 0.6) is 5.75 Å². The van der Waals surface area contributed by atoms with Gasteiger partial charge in [0, 0.05) is 24.0 Å². The van der Waals surface area contributed by atoms with Gasteiger partial charge in [0.2, 0.25) is 0 Å². The quantitative estimate of drug-likeness (QED) is 0.596. The van der Waals surface area contributed by atoms with E-state index < -0.39 is 0 Å². The summed E-state index contributed by atoms with van der Waals surface area (Å²) in [5, 5.41) is 5.65. The van der Waals surface area contributed by atoms with Gasteiger partial charge in [0.05, 0.1) is 6.54 Å². The maximum absolute atomic E-state index is 12.4. The first-order valence-electron chi connectivity index (χ1n) is 9.70. The molecule has 6 heteroatoms. The van der Waals surface area contributed by atoms with Crippen LogP contribution in [-0.4, -0.2) is 37.0 Å². The summed E-state index contributed by atoms with van der Waals surface area (Å²) in [6.45, 7) is 2.82. The first-order chi connectivity index (χ1) is 14.5. The van der Waals surface area contributed by atoms with E-state index in [9.17, 15) is 9.59 Å². The van der Waals surface area contributed by atoms with E-state index >= 15 is 0 Å². The van der Waals surface area contributed by atoms with Crippen molar-refractivity contribution in [2.24, 2.45) is 0 Å². The second-order valence-corrected chi connectivity index (χ2v) is 6.86. The van der Waals surface area contributed by atoms with E-state index in [4.69, 9.17) is 4.74 Å². The fraction of sp³-hybridized carbons (Fsp3) is 0.167. The number of hydrogen-bond donors (Lipinski definition) is 2. The summed E-state index contributed by atoms with van der Waals surface area (Å²) in [5.74, 6) is 0.611. The molecule has 0 heterocycles. The molecule has 3 aromatic carbocycles. The van der Waals surface area contributed by atoms with Gasteiger partial charge >= 0.3 is 6.03 Å². The van der Waals surface area contributed by atoms with Crippen LogP contribution in [0.4, 0.5) is 16.2 Å². The lowest BCUT2D eigenvalue weighted by Gasteiger charge is -2.18. The summed E-state index contributed by atoms with van der Waals surface area (Å²) in [5.41, 5.74) is 2.91. The molecule has 154 valence electrons. The number of urea groups is 1. The molecule has 2 N–H and O–H groups in total. The highest BCUT2D eigenvalue weighted by atomic mass is 16.5. The zero-order valence-electron chi connectivity index (χ0n) is 17.1. The molecule has 0 unspecified atom stereocenters. The lowest BCUT2D eigenvalue weighted by Crippen LogP contribution is -2.34. The fourth-order valence-corrected chi connectivity index (χ4v) is 2.76. The van der Waals surface area contributed by atoms with Crippen LogP contribution in [-0.2, 0) is 0 Å². The van der Waals surface area contributed by atoms with Crippen LogP contribution < -0.4 is 15.4 Å². The Hall–Kier alpha value is -3.80. The highest BCUT2D eigenvalue weighted by Gasteiger charge is 2.11. The van der Waals surface area contributed by atoms with Crippen molar-refractivity contribution in [2.75, 3.05) is 30.8 Å². The molecule has 3 amide bonds. The van der Waals surface area contributed by atoms with Gasteiger partial charge in [-0.05, 0) is 55.0 Å². The van der Waals surface area contributed by atoms with Crippen LogP contribution in [0.25, 0.3) is 0 Å². The molecule has 0 bridgehead atoms. The van der Waals surface area contributed by atoms with Crippen LogP contribution >= 0.6 is 0 Å². The number of anilines is 2. The normalized spacial score (nSPS) is 10.2. The third kappa shape index (κ3) is 5.85. The number of ether oxygens (including phenoxy) is 1. The number of para-hydroxylation sites is 2. The third-order valence-corrected chi connectivity index (χ3v) is 4.55. The SMILES string of the molecule is Cc1ccccc1OCCN(C)C(=O)Nc1ccc(C(=O)Nc2ccccc2)cc1. The predicted molar refractivity (Wildman–Crippen MR) is 119 cm³/mol. The number of nitrogens with zero attached hydrogens (tertiary/aromatic N) is 1. The Balaban J connectivity index is 1.47. The highest BCUT2D eigenvalue weighted by Crippen LogP contribution is 2.16. The Morgan fingerprint density at radius 2 is 1.47 bits per heavy atom.